The summed E-state index contributed by atoms with van der Waals surface area (Å²) < 4.78 is 39.3. The minimum atomic E-state index is -4.53. The summed E-state index contributed by atoms with van der Waals surface area (Å²) in [5.41, 5.74) is -2.30. The minimum absolute atomic E-state index is 0.00384. The molecule has 3 amide bonds. The predicted octanol–water partition coefficient (Wildman–Crippen LogP) is 1.94. The summed E-state index contributed by atoms with van der Waals surface area (Å²) in [6, 6.07) is 4.24. The normalized spacial score (nSPS) is 28.4. The van der Waals surface area contributed by atoms with E-state index in [0.29, 0.717) is 0 Å². The highest BCUT2D eigenvalue weighted by atomic mass is 19.4. The number of aliphatic carboxylic acids is 1. The molecule has 0 spiro atoms. The molecule has 134 valence electrons. The fourth-order valence-corrected chi connectivity index (χ4v) is 3.49. The van der Waals surface area contributed by atoms with E-state index in [-0.39, 0.29) is 24.8 Å². The highest BCUT2D eigenvalue weighted by molar-refractivity contribution is 6.07. The summed E-state index contributed by atoms with van der Waals surface area (Å²) in [4.78, 5) is 34.9. The van der Waals surface area contributed by atoms with Gasteiger partial charge in [-0.15, -0.1) is 0 Å². The largest absolute Gasteiger partial charge is 0.481 e. The van der Waals surface area contributed by atoms with Crippen molar-refractivity contribution in [2.24, 2.45) is 11.8 Å². The highest BCUT2D eigenvalue weighted by Crippen LogP contribution is 2.49. The van der Waals surface area contributed by atoms with E-state index in [2.05, 4.69) is 10.6 Å². The number of hydrogen-bond donors (Lipinski definition) is 3. The van der Waals surface area contributed by atoms with E-state index in [9.17, 15) is 27.6 Å². The summed E-state index contributed by atoms with van der Waals surface area (Å²) in [5.74, 6) is -3.19. The standard InChI is InChI=1S/C16H15F3N2O4/c17-16(18,19)10-4-2-1-3-8(10)5-6-15(11-7-9(11)12(22)23)13(24)20-14(25)21-15/h1-4,9,11H,5-7H2,(H,22,23)(H2,20,21,24,25)/t9-,11-,15?/m0/s1. The molecule has 25 heavy (non-hydrogen) atoms. The van der Waals surface area contributed by atoms with Gasteiger partial charge < -0.3 is 10.4 Å². The molecule has 1 unspecified atom stereocenters. The van der Waals surface area contributed by atoms with Gasteiger partial charge in [-0.05, 0) is 30.9 Å². The van der Waals surface area contributed by atoms with Crippen molar-refractivity contribution in [1.82, 2.24) is 10.6 Å². The van der Waals surface area contributed by atoms with Gasteiger partial charge in [0.1, 0.15) is 5.54 Å². The Morgan fingerprint density at radius 3 is 2.48 bits per heavy atom. The molecular formula is C16H15F3N2O4. The molecule has 3 atom stereocenters. The van der Waals surface area contributed by atoms with Gasteiger partial charge in [0, 0.05) is 5.92 Å². The Morgan fingerprint density at radius 2 is 1.96 bits per heavy atom. The number of halogens is 3. The van der Waals surface area contributed by atoms with E-state index in [1.165, 1.54) is 18.2 Å². The molecule has 2 aliphatic rings. The molecule has 1 aliphatic heterocycles. The fraction of sp³-hybridized carbons (Fsp3) is 0.438. The summed E-state index contributed by atoms with van der Waals surface area (Å²) in [7, 11) is 0. The van der Waals surface area contributed by atoms with Crippen LogP contribution >= 0.6 is 0 Å². The van der Waals surface area contributed by atoms with Crippen molar-refractivity contribution in [2.45, 2.75) is 31.0 Å². The van der Waals surface area contributed by atoms with Crippen LogP contribution in [0.2, 0.25) is 0 Å². The van der Waals surface area contributed by atoms with Crippen molar-refractivity contribution in [3.05, 3.63) is 35.4 Å². The predicted molar refractivity (Wildman–Crippen MR) is 78.4 cm³/mol. The number of alkyl halides is 3. The van der Waals surface area contributed by atoms with Crippen LogP contribution in [0.3, 0.4) is 0 Å². The Balaban J connectivity index is 1.86. The molecule has 0 bridgehead atoms. The second-order valence-corrected chi connectivity index (χ2v) is 6.32. The first-order valence-corrected chi connectivity index (χ1v) is 7.66. The van der Waals surface area contributed by atoms with Crippen molar-refractivity contribution >= 4 is 17.9 Å². The van der Waals surface area contributed by atoms with Crippen molar-refractivity contribution in [2.75, 3.05) is 0 Å². The maximum Gasteiger partial charge on any atom is 0.416 e. The second kappa shape index (κ2) is 5.75. The van der Waals surface area contributed by atoms with Gasteiger partial charge in [-0.1, -0.05) is 18.2 Å². The molecule has 1 aliphatic carbocycles. The smallest absolute Gasteiger partial charge is 0.416 e. The summed E-state index contributed by atoms with van der Waals surface area (Å²) in [6.07, 6.45) is -4.56. The van der Waals surface area contributed by atoms with E-state index in [0.717, 1.165) is 6.07 Å². The molecule has 1 heterocycles. The quantitative estimate of drug-likeness (QED) is 0.703. The number of urea groups is 1. The van der Waals surface area contributed by atoms with Gasteiger partial charge in [0.2, 0.25) is 0 Å². The molecule has 1 aromatic carbocycles. The van der Waals surface area contributed by atoms with Crippen molar-refractivity contribution in [3.63, 3.8) is 0 Å². The molecule has 6 nitrogen and oxygen atoms in total. The lowest BCUT2D eigenvalue weighted by atomic mass is 9.84. The van der Waals surface area contributed by atoms with Crippen molar-refractivity contribution < 1.29 is 32.7 Å². The number of carboxylic acids is 1. The van der Waals surface area contributed by atoms with Gasteiger partial charge in [-0.25, -0.2) is 4.79 Å². The van der Waals surface area contributed by atoms with E-state index in [1.807, 2.05) is 0 Å². The maximum absolute atomic E-state index is 13.1. The SMILES string of the molecule is O=C1NC(=O)C(CCc2ccccc2C(F)(F)F)([C@H]2C[C@@H]2C(=O)O)N1. The minimum Gasteiger partial charge on any atom is -0.481 e. The lowest BCUT2D eigenvalue weighted by Gasteiger charge is -2.27. The van der Waals surface area contributed by atoms with Crippen LogP contribution in [0, 0.1) is 11.8 Å². The van der Waals surface area contributed by atoms with E-state index < -0.39 is 47.0 Å². The van der Waals surface area contributed by atoms with Crippen LogP contribution in [0.1, 0.15) is 24.0 Å². The first-order valence-electron chi connectivity index (χ1n) is 7.66. The van der Waals surface area contributed by atoms with Gasteiger partial charge in [-0.2, -0.15) is 13.2 Å². The number of amides is 3. The Bertz CT molecular complexity index is 749. The van der Waals surface area contributed by atoms with Crippen LogP contribution in [0.15, 0.2) is 24.3 Å². The molecule has 9 heteroatoms. The number of nitrogens with one attached hydrogen (secondary N) is 2. The van der Waals surface area contributed by atoms with Gasteiger partial charge >= 0.3 is 18.2 Å². The van der Waals surface area contributed by atoms with Gasteiger partial charge in [0.05, 0.1) is 11.5 Å². The number of imide groups is 1. The van der Waals surface area contributed by atoms with E-state index in [4.69, 9.17) is 5.11 Å². The Morgan fingerprint density at radius 1 is 1.28 bits per heavy atom. The summed E-state index contributed by atoms with van der Waals surface area (Å²) in [6.45, 7) is 0. The molecule has 1 saturated carbocycles. The molecule has 3 N–H and O–H groups in total. The lowest BCUT2D eigenvalue weighted by Crippen LogP contribution is -2.50. The van der Waals surface area contributed by atoms with E-state index in [1.54, 1.807) is 0 Å². The molecule has 0 aromatic heterocycles. The number of benzene rings is 1. The molecule has 1 saturated heterocycles. The maximum atomic E-state index is 13.1. The summed E-state index contributed by atoms with van der Waals surface area (Å²) >= 11 is 0. The first kappa shape index (κ1) is 17.2. The number of carbonyl (C=O) groups is 3. The average Bonchev–Trinajstić information content (AvgIpc) is 3.26. The Hall–Kier alpha value is -2.58. The highest BCUT2D eigenvalue weighted by Gasteiger charge is 2.62. The summed E-state index contributed by atoms with van der Waals surface area (Å²) in [5, 5.41) is 13.6. The third kappa shape index (κ3) is 3.06. The zero-order chi connectivity index (χ0) is 18.4. The average molecular weight is 356 g/mol. The number of carbonyl (C=O) groups excluding carboxylic acids is 2. The topological polar surface area (TPSA) is 95.5 Å². The Kier molecular flexibility index (Phi) is 3.97. The van der Waals surface area contributed by atoms with Crippen LogP contribution in [0.25, 0.3) is 0 Å². The van der Waals surface area contributed by atoms with Crippen LogP contribution < -0.4 is 10.6 Å². The number of rotatable bonds is 5. The number of carboxylic acid groups (broad SMARTS) is 1. The number of hydrogen-bond acceptors (Lipinski definition) is 3. The molecule has 1 aromatic rings. The lowest BCUT2D eigenvalue weighted by molar-refractivity contribution is -0.139. The second-order valence-electron chi connectivity index (χ2n) is 6.32. The van der Waals surface area contributed by atoms with Crippen LogP contribution in [-0.2, 0) is 22.2 Å². The Labute approximate surface area is 140 Å². The van der Waals surface area contributed by atoms with Crippen LogP contribution in [-0.4, -0.2) is 28.6 Å². The van der Waals surface area contributed by atoms with Gasteiger partial charge in [0.15, 0.2) is 0 Å². The molecular weight excluding hydrogens is 341 g/mol. The van der Waals surface area contributed by atoms with Crippen LogP contribution in [0.4, 0.5) is 18.0 Å². The first-order chi connectivity index (χ1) is 11.6. The fourth-order valence-electron chi connectivity index (χ4n) is 3.49. The number of aryl methyl sites for hydroxylation is 1. The van der Waals surface area contributed by atoms with Crippen LogP contribution in [0.5, 0.6) is 0 Å². The molecule has 3 rings (SSSR count). The zero-order valence-electron chi connectivity index (χ0n) is 12.9. The third-order valence-corrected chi connectivity index (χ3v) is 4.82. The third-order valence-electron chi connectivity index (χ3n) is 4.82. The molecule has 2 fully saturated rings. The van der Waals surface area contributed by atoms with E-state index >= 15 is 0 Å². The molecule has 0 radical (unpaired) electrons. The zero-order valence-corrected chi connectivity index (χ0v) is 12.9. The van der Waals surface area contributed by atoms with Gasteiger partial charge in [-0.3, -0.25) is 14.9 Å². The van der Waals surface area contributed by atoms with Gasteiger partial charge in [0.25, 0.3) is 5.91 Å². The van der Waals surface area contributed by atoms with Crippen molar-refractivity contribution in [1.29, 1.82) is 0 Å². The monoisotopic (exact) mass is 356 g/mol. The van der Waals surface area contributed by atoms with Crippen molar-refractivity contribution in [3.8, 4) is 0 Å².